The number of aryl methyl sites for hydroxylation is 1. The highest BCUT2D eigenvalue weighted by Gasteiger charge is 2.03. The SMILES string of the molecule is CC(O)CCc1ccc(OCc2ccn(C(C)C)n2)cc1. The van der Waals surface area contributed by atoms with E-state index in [9.17, 15) is 5.11 Å². The molecule has 0 radical (unpaired) electrons. The average molecular weight is 288 g/mol. The molecule has 0 saturated heterocycles. The molecule has 1 atom stereocenters. The summed E-state index contributed by atoms with van der Waals surface area (Å²) in [5.74, 6) is 0.842. The Morgan fingerprint density at radius 2 is 1.86 bits per heavy atom. The van der Waals surface area contributed by atoms with Crippen molar-refractivity contribution in [2.24, 2.45) is 0 Å². The Morgan fingerprint density at radius 3 is 2.43 bits per heavy atom. The average Bonchev–Trinajstić information content (AvgIpc) is 2.93. The number of aliphatic hydroxyl groups excluding tert-OH is 1. The van der Waals surface area contributed by atoms with Crippen LogP contribution in [0.4, 0.5) is 0 Å². The van der Waals surface area contributed by atoms with Gasteiger partial charge in [-0.25, -0.2) is 0 Å². The molecule has 0 aliphatic heterocycles. The van der Waals surface area contributed by atoms with E-state index in [1.54, 1.807) is 0 Å². The lowest BCUT2D eigenvalue weighted by Gasteiger charge is -2.07. The lowest BCUT2D eigenvalue weighted by atomic mass is 10.1. The lowest BCUT2D eigenvalue weighted by Crippen LogP contribution is -2.03. The van der Waals surface area contributed by atoms with Crippen LogP contribution in [0.3, 0.4) is 0 Å². The van der Waals surface area contributed by atoms with Crippen molar-refractivity contribution in [1.82, 2.24) is 9.78 Å². The molecule has 114 valence electrons. The van der Waals surface area contributed by atoms with Gasteiger partial charge >= 0.3 is 0 Å². The van der Waals surface area contributed by atoms with E-state index in [0.717, 1.165) is 24.3 Å². The molecule has 21 heavy (non-hydrogen) atoms. The van der Waals surface area contributed by atoms with Crippen LogP contribution in [-0.4, -0.2) is 21.0 Å². The first-order chi connectivity index (χ1) is 10.0. The molecule has 0 aliphatic rings. The number of nitrogens with zero attached hydrogens (tertiary/aromatic N) is 2. The second-order valence-corrected chi connectivity index (χ2v) is 5.70. The molecule has 4 nitrogen and oxygen atoms in total. The normalized spacial score (nSPS) is 12.6. The Kier molecular flexibility index (Phi) is 5.39. The highest BCUT2D eigenvalue weighted by atomic mass is 16.5. The van der Waals surface area contributed by atoms with E-state index in [1.165, 1.54) is 5.56 Å². The topological polar surface area (TPSA) is 47.3 Å². The van der Waals surface area contributed by atoms with Gasteiger partial charge in [-0.3, -0.25) is 4.68 Å². The van der Waals surface area contributed by atoms with Crippen molar-refractivity contribution in [3.8, 4) is 5.75 Å². The van der Waals surface area contributed by atoms with Crippen molar-refractivity contribution in [3.05, 3.63) is 47.8 Å². The highest BCUT2D eigenvalue weighted by molar-refractivity contribution is 5.27. The van der Waals surface area contributed by atoms with Crippen LogP contribution in [0.5, 0.6) is 5.75 Å². The minimum atomic E-state index is -0.253. The van der Waals surface area contributed by atoms with Crippen LogP contribution in [0, 0.1) is 0 Å². The Bertz CT molecular complexity index is 544. The molecule has 0 amide bonds. The Balaban J connectivity index is 1.85. The van der Waals surface area contributed by atoms with Crippen molar-refractivity contribution in [2.45, 2.75) is 52.4 Å². The zero-order valence-corrected chi connectivity index (χ0v) is 13.0. The van der Waals surface area contributed by atoms with E-state index in [2.05, 4.69) is 18.9 Å². The van der Waals surface area contributed by atoms with Crippen molar-refractivity contribution in [1.29, 1.82) is 0 Å². The summed E-state index contributed by atoms with van der Waals surface area (Å²) in [5, 5.41) is 13.7. The summed E-state index contributed by atoms with van der Waals surface area (Å²) < 4.78 is 7.67. The van der Waals surface area contributed by atoms with E-state index >= 15 is 0 Å². The fourth-order valence-electron chi connectivity index (χ4n) is 2.03. The van der Waals surface area contributed by atoms with Crippen LogP contribution in [0.25, 0.3) is 0 Å². The molecular formula is C17H24N2O2. The van der Waals surface area contributed by atoms with Gasteiger partial charge < -0.3 is 9.84 Å². The number of hydrogen-bond donors (Lipinski definition) is 1. The minimum absolute atomic E-state index is 0.253. The third-order valence-electron chi connectivity index (χ3n) is 3.35. The standard InChI is InChI=1S/C17H24N2O2/c1-13(2)19-11-10-16(18-19)12-21-17-8-6-15(7-9-17)5-4-14(3)20/h6-11,13-14,20H,4-5,12H2,1-3H3. The molecule has 1 N–H and O–H groups in total. The minimum Gasteiger partial charge on any atom is -0.487 e. The van der Waals surface area contributed by atoms with Crippen molar-refractivity contribution < 1.29 is 9.84 Å². The second-order valence-electron chi connectivity index (χ2n) is 5.70. The van der Waals surface area contributed by atoms with Gasteiger partial charge in [0, 0.05) is 12.2 Å². The molecule has 0 saturated carbocycles. The maximum Gasteiger partial charge on any atom is 0.132 e. The molecule has 0 bridgehead atoms. The summed E-state index contributed by atoms with van der Waals surface area (Å²) >= 11 is 0. The van der Waals surface area contributed by atoms with Gasteiger partial charge in [-0.15, -0.1) is 0 Å². The van der Waals surface area contributed by atoms with Crippen LogP contribution in [-0.2, 0) is 13.0 Å². The molecular weight excluding hydrogens is 264 g/mol. The number of hydrogen-bond acceptors (Lipinski definition) is 3. The van der Waals surface area contributed by atoms with Gasteiger partial charge in [0.25, 0.3) is 0 Å². The summed E-state index contributed by atoms with van der Waals surface area (Å²) in [4.78, 5) is 0. The first kappa shape index (κ1) is 15.6. The maximum absolute atomic E-state index is 9.29. The third-order valence-corrected chi connectivity index (χ3v) is 3.35. The summed E-state index contributed by atoms with van der Waals surface area (Å²) in [5.41, 5.74) is 2.15. The monoisotopic (exact) mass is 288 g/mol. The second kappa shape index (κ2) is 7.27. The quantitative estimate of drug-likeness (QED) is 0.850. The van der Waals surface area contributed by atoms with Gasteiger partial charge in [-0.2, -0.15) is 5.10 Å². The van der Waals surface area contributed by atoms with Crippen molar-refractivity contribution in [3.63, 3.8) is 0 Å². The third kappa shape index (κ3) is 4.90. The van der Waals surface area contributed by atoms with Crippen molar-refractivity contribution in [2.75, 3.05) is 0 Å². The highest BCUT2D eigenvalue weighted by Crippen LogP contribution is 2.15. The van der Waals surface area contributed by atoms with E-state index in [4.69, 9.17) is 4.74 Å². The Labute approximate surface area is 126 Å². The molecule has 0 fully saturated rings. The number of aliphatic hydroxyl groups is 1. The van der Waals surface area contributed by atoms with Gasteiger partial charge in [-0.05, 0) is 57.4 Å². The smallest absolute Gasteiger partial charge is 0.132 e. The van der Waals surface area contributed by atoms with E-state index in [0.29, 0.717) is 12.6 Å². The van der Waals surface area contributed by atoms with Crippen LogP contribution < -0.4 is 4.74 Å². The summed E-state index contributed by atoms with van der Waals surface area (Å²) in [6, 6.07) is 10.4. The molecule has 0 spiro atoms. The molecule has 1 aromatic heterocycles. The summed E-state index contributed by atoms with van der Waals surface area (Å²) in [6.07, 6.45) is 3.39. The predicted octanol–water partition coefficient (Wildman–Crippen LogP) is 3.36. The molecule has 0 aliphatic carbocycles. The summed E-state index contributed by atoms with van der Waals surface area (Å²) in [6.45, 7) is 6.49. The molecule has 4 heteroatoms. The number of aromatic nitrogens is 2. The van der Waals surface area contributed by atoms with Gasteiger partial charge in [0.15, 0.2) is 0 Å². The number of ether oxygens (including phenoxy) is 1. The lowest BCUT2D eigenvalue weighted by molar-refractivity contribution is 0.185. The molecule has 1 unspecified atom stereocenters. The zero-order valence-electron chi connectivity index (χ0n) is 13.0. The van der Waals surface area contributed by atoms with E-state index in [-0.39, 0.29) is 6.10 Å². The molecule has 1 aromatic carbocycles. The zero-order chi connectivity index (χ0) is 15.2. The number of benzene rings is 1. The van der Waals surface area contributed by atoms with E-state index < -0.39 is 0 Å². The van der Waals surface area contributed by atoms with Gasteiger partial charge in [-0.1, -0.05) is 12.1 Å². The Hall–Kier alpha value is -1.81. The largest absolute Gasteiger partial charge is 0.487 e. The molecule has 1 heterocycles. The Morgan fingerprint density at radius 1 is 1.14 bits per heavy atom. The van der Waals surface area contributed by atoms with Gasteiger partial charge in [0.05, 0.1) is 11.8 Å². The first-order valence-corrected chi connectivity index (χ1v) is 7.48. The van der Waals surface area contributed by atoms with Gasteiger partial charge in [0.1, 0.15) is 12.4 Å². The predicted molar refractivity (Wildman–Crippen MR) is 83.4 cm³/mol. The van der Waals surface area contributed by atoms with Crippen molar-refractivity contribution >= 4 is 0 Å². The molecule has 2 rings (SSSR count). The van der Waals surface area contributed by atoms with Crippen LogP contribution in [0.2, 0.25) is 0 Å². The molecule has 2 aromatic rings. The number of rotatable bonds is 7. The summed E-state index contributed by atoms with van der Waals surface area (Å²) in [7, 11) is 0. The maximum atomic E-state index is 9.29. The van der Waals surface area contributed by atoms with Crippen LogP contribution in [0.1, 0.15) is 44.5 Å². The van der Waals surface area contributed by atoms with Gasteiger partial charge in [0.2, 0.25) is 0 Å². The van der Waals surface area contributed by atoms with Crippen LogP contribution in [0.15, 0.2) is 36.5 Å². The fraction of sp³-hybridized carbons (Fsp3) is 0.471. The van der Waals surface area contributed by atoms with Crippen LogP contribution >= 0.6 is 0 Å². The van der Waals surface area contributed by atoms with E-state index in [1.807, 2.05) is 48.1 Å². The first-order valence-electron chi connectivity index (χ1n) is 7.48. The fourth-order valence-corrected chi connectivity index (χ4v) is 2.03.